The van der Waals surface area contributed by atoms with Crippen LogP contribution < -0.4 is 5.32 Å². The van der Waals surface area contributed by atoms with Gasteiger partial charge in [0, 0.05) is 16.9 Å². The average Bonchev–Trinajstić information content (AvgIpc) is 3.14. The number of aliphatic hydroxyl groups is 2. The maximum Gasteiger partial charge on any atom is 0.407 e. The second-order valence-corrected chi connectivity index (χ2v) is 8.71. The number of alkyl carbamates (subject to hydrolysis) is 1. The molecule has 0 saturated heterocycles. The number of fused-ring (bicyclic) bond motifs is 3. The van der Waals surface area contributed by atoms with Gasteiger partial charge in [-0.25, -0.2) is 9.59 Å². The number of carbonyl (C=O) groups excluding carboxylic acids is 1. The molecule has 3 aromatic carbocycles. The molecule has 4 N–H and O–H groups in total. The van der Waals surface area contributed by atoms with Gasteiger partial charge in [0.25, 0.3) is 0 Å². The number of rotatable bonds is 7. The summed E-state index contributed by atoms with van der Waals surface area (Å²) in [6.07, 6.45) is -3.47. The summed E-state index contributed by atoms with van der Waals surface area (Å²) in [6.45, 7) is -0.140. The van der Waals surface area contributed by atoms with Gasteiger partial charge in [0.05, 0.1) is 5.56 Å². The Morgan fingerprint density at radius 1 is 0.970 bits per heavy atom. The van der Waals surface area contributed by atoms with Gasteiger partial charge in [-0.1, -0.05) is 64.5 Å². The molecule has 2 atom stereocenters. The summed E-state index contributed by atoms with van der Waals surface area (Å²) in [5.41, 5.74) is 4.60. The van der Waals surface area contributed by atoms with Gasteiger partial charge < -0.3 is 25.4 Å². The zero-order valence-electron chi connectivity index (χ0n) is 17.4. The van der Waals surface area contributed by atoms with E-state index < -0.39 is 24.3 Å². The van der Waals surface area contributed by atoms with Gasteiger partial charge in [-0.15, -0.1) is 0 Å². The Balaban J connectivity index is 1.35. The summed E-state index contributed by atoms with van der Waals surface area (Å²) >= 11 is 3.19. The SMILES string of the molecule is O=C(NCC(O)C(O)c1cc(Br)cc(C(=O)O)c1)OCC1c2ccccc2-c2ccccc21. The van der Waals surface area contributed by atoms with Gasteiger partial charge >= 0.3 is 12.1 Å². The number of amides is 1. The van der Waals surface area contributed by atoms with Crippen LogP contribution in [0.25, 0.3) is 11.1 Å². The lowest BCUT2D eigenvalue weighted by atomic mass is 9.98. The summed E-state index contributed by atoms with van der Waals surface area (Å²) in [6, 6.07) is 20.1. The Morgan fingerprint density at radius 3 is 2.18 bits per heavy atom. The van der Waals surface area contributed by atoms with Crippen LogP contribution in [0.5, 0.6) is 0 Å². The number of hydrogen-bond acceptors (Lipinski definition) is 5. The highest BCUT2D eigenvalue weighted by atomic mass is 79.9. The summed E-state index contributed by atoms with van der Waals surface area (Å²) in [5, 5.41) is 32.3. The molecule has 0 heterocycles. The molecule has 0 aliphatic heterocycles. The van der Waals surface area contributed by atoms with Gasteiger partial charge in [-0.3, -0.25) is 0 Å². The number of aromatic carboxylic acids is 1. The van der Waals surface area contributed by atoms with Crippen LogP contribution in [-0.2, 0) is 4.74 Å². The predicted octanol–water partition coefficient (Wildman–Crippen LogP) is 4.08. The molecule has 7 nitrogen and oxygen atoms in total. The van der Waals surface area contributed by atoms with Crippen LogP contribution in [-0.4, -0.2) is 46.6 Å². The zero-order chi connectivity index (χ0) is 23.5. The van der Waals surface area contributed by atoms with Crippen molar-refractivity contribution in [1.29, 1.82) is 0 Å². The van der Waals surface area contributed by atoms with E-state index in [1.54, 1.807) is 0 Å². The fourth-order valence-corrected chi connectivity index (χ4v) is 4.59. The molecule has 1 aliphatic carbocycles. The van der Waals surface area contributed by atoms with Gasteiger partial charge in [0.2, 0.25) is 0 Å². The van der Waals surface area contributed by atoms with Crippen LogP contribution in [0, 0.1) is 0 Å². The Bertz CT molecular complexity index is 1150. The van der Waals surface area contributed by atoms with Gasteiger partial charge in [0.1, 0.15) is 18.8 Å². The number of aliphatic hydroxyl groups excluding tert-OH is 2. The van der Waals surface area contributed by atoms with Crippen molar-refractivity contribution < 1.29 is 29.6 Å². The lowest BCUT2D eigenvalue weighted by Crippen LogP contribution is -2.36. The lowest BCUT2D eigenvalue weighted by Gasteiger charge is -2.20. The quantitative estimate of drug-likeness (QED) is 0.379. The van der Waals surface area contributed by atoms with Crippen molar-refractivity contribution in [3.63, 3.8) is 0 Å². The Hall–Kier alpha value is -3.20. The molecule has 0 spiro atoms. The van der Waals surface area contributed by atoms with E-state index in [0.717, 1.165) is 22.3 Å². The number of benzene rings is 3. The van der Waals surface area contributed by atoms with Crippen LogP contribution in [0.2, 0.25) is 0 Å². The smallest absolute Gasteiger partial charge is 0.407 e. The molecule has 33 heavy (non-hydrogen) atoms. The third kappa shape index (κ3) is 4.93. The molecule has 0 fully saturated rings. The molecule has 0 saturated carbocycles. The van der Waals surface area contributed by atoms with Crippen molar-refractivity contribution in [1.82, 2.24) is 5.32 Å². The first-order valence-corrected chi connectivity index (χ1v) is 11.1. The van der Waals surface area contributed by atoms with E-state index in [9.17, 15) is 19.8 Å². The number of nitrogens with one attached hydrogen (secondary N) is 1. The molecular weight excluding hydrogens is 490 g/mol. The Labute approximate surface area is 198 Å². The van der Waals surface area contributed by atoms with Gasteiger partial charge in [-0.2, -0.15) is 0 Å². The van der Waals surface area contributed by atoms with Crippen LogP contribution in [0.1, 0.15) is 39.1 Å². The van der Waals surface area contributed by atoms with Crippen LogP contribution in [0.3, 0.4) is 0 Å². The summed E-state index contributed by atoms with van der Waals surface area (Å²) in [7, 11) is 0. The number of ether oxygens (including phenoxy) is 1. The first kappa shape index (κ1) is 23.0. The second-order valence-electron chi connectivity index (χ2n) is 7.80. The molecule has 170 valence electrons. The Kier molecular flexibility index (Phi) is 6.78. The number of carbonyl (C=O) groups is 2. The number of hydrogen-bond donors (Lipinski definition) is 4. The first-order chi connectivity index (χ1) is 15.8. The molecular formula is C25H22BrNO6. The lowest BCUT2D eigenvalue weighted by molar-refractivity contribution is 0.0184. The summed E-state index contributed by atoms with van der Waals surface area (Å²) in [5.74, 6) is -1.24. The van der Waals surface area contributed by atoms with Crippen molar-refractivity contribution in [2.45, 2.75) is 18.1 Å². The molecule has 4 rings (SSSR count). The molecule has 0 aromatic heterocycles. The molecule has 8 heteroatoms. The van der Waals surface area contributed by atoms with Crippen LogP contribution >= 0.6 is 15.9 Å². The highest BCUT2D eigenvalue weighted by Crippen LogP contribution is 2.44. The normalized spacial score (nSPS) is 14.2. The van der Waals surface area contributed by atoms with Crippen LogP contribution in [0.4, 0.5) is 4.79 Å². The molecule has 0 radical (unpaired) electrons. The standard InChI is InChI=1S/C25H22BrNO6/c26-16-10-14(9-15(11-16)24(30)31)23(29)22(28)12-27-25(32)33-13-21-19-7-3-1-5-17(19)18-6-2-4-8-20(18)21/h1-11,21-23,28-29H,12-13H2,(H,27,32)(H,30,31). The van der Waals surface area contributed by atoms with E-state index in [1.165, 1.54) is 18.2 Å². The van der Waals surface area contributed by atoms with E-state index in [-0.39, 0.29) is 30.2 Å². The summed E-state index contributed by atoms with van der Waals surface area (Å²) < 4.78 is 5.87. The molecule has 1 amide bonds. The highest BCUT2D eigenvalue weighted by molar-refractivity contribution is 9.10. The highest BCUT2D eigenvalue weighted by Gasteiger charge is 2.29. The number of carboxylic acid groups (broad SMARTS) is 1. The fraction of sp³-hybridized carbons (Fsp3) is 0.200. The zero-order valence-corrected chi connectivity index (χ0v) is 19.0. The predicted molar refractivity (Wildman–Crippen MR) is 125 cm³/mol. The fourth-order valence-electron chi connectivity index (χ4n) is 4.08. The third-order valence-corrected chi connectivity index (χ3v) is 6.13. The van der Waals surface area contributed by atoms with E-state index in [4.69, 9.17) is 9.84 Å². The molecule has 2 unspecified atom stereocenters. The third-order valence-electron chi connectivity index (χ3n) is 5.67. The van der Waals surface area contributed by atoms with Crippen molar-refractivity contribution in [3.05, 3.63) is 93.5 Å². The van der Waals surface area contributed by atoms with E-state index >= 15 is 0 Å². The van der Waals surface area contributed by atoms with Crippen LogP contribution in [0.15, 0.2) is 71.2 Å². The maximum absolute atomic E-state index is 12.3. The molecule has 0 bridgehead atoms. The van der Waals surface area contributed by atoms with Crippen molar-refractivity contribution in [2.75, 3.05) is 13.2 Å². The summed E-state index contributed by atoms with van der Waals surface area (Å²) in [4.78, 5) is 23.5. The topological polar surface area (TPSA) is 116 Å². The minimum absolute atomic E-state index is 0.0323. The van der Waals surface area contributed by atoms with Gasteiger partial charge in [0.15, 0.2) is 0 Å². The maximum atomic E-state index is 12.3. The van der Waals surface area contributed by atoms with Crippen molar-refractivity contribution in [3.8, 4) is 11.1 Å². The average molecular weight is 512 g/mol. The minimum Gasteiger partial charge on any atom is -0.478 e. The number of halogens is 1. The van der Waals surface area contributed by atoms with E-state index in [2.05, 4.69) is 21.2 Å². The first-order valence-electron chi connectivity index (χ1n) is 10.3. The monoisotopic (exact) mass is 511 g/mol. The minimum atomic E-state index is -1.39. The molecule has 3 aromatic rings. The number of carboxylic acids is 1. The van der Waals surface area contributed by atoms with E-state index in [0.29, 0.717) is 4.47 Å². The van der Waals surface area contributed by atoms with E-state index in [1.807, 2.05) is 48.5 Å². The second kappa shape index (κ2) is 9.74. The Morgan fingerprint density at radius 2 is 1.58 bits per heavy atom. The van der Waals surface area contributed by atoms with Crippen molar-refractivity contribution in [2.24, 2.45) is 0 Å². The molecule has 1 aliphatic rings. The van der Waals surface area contributed by atoms with Gasteiger partial charge in [-0.05, 0) is 46.0 Å². The largest absolute Gasteiger partial charge is 0.478 e. The van der Waals surface area contributed by atoms with Crippen molar-refractivity contribution >= 4 is 28.0 Å².